The number of hydrogen-bond acceptors (Lipinski definition) is 2. The van der Waals surface area contributed by atoms with Crippen LogP contribution in [0.25, 0.3) is 0 Å². The van der Waals surface area contributed by atoms with Crippen molar-refractivity contribution >= 4 is 11.8 Å². The van der Waals surface area contributed by atoms with Crippen LogP contribution in [0, 0.1) is 6.92 Å². The van der Waals surface area contributed by atoms with Crippen LogP contribution < -0.4 is 0 Å². The quantitative estimate of drug-likeness (QED) is 0.785. The maximum absolute atomic E-state index is 2.70. The van der Waals surface area contributed by atoms with Gasteiger partial charge in [-0.05, 0) is 56.5 Å². The lowest BCUT2D eigenvalue weighted by Gasteiger charge is -2.35. The zero-order valence-electron chi connectivity index (χ0n) is 11.9. The smallest absolute Gasteiger partial charge is 0.0230 e. The first-order valence-electron chi connectivity index (χ1n) is 7.21. The molecule has 0 bridgehead atoms. The van der Waals surface area contributed by atoms with Crippen molar-refractivity contribution in [2.24, 2.45) is 0 Å². The summed E-state index contributed by atoms with van der Waals surface area (Å²) in [6.07, 6.45) is 3.78. The van der Waals surface area contributed by atoms with Crippen LogP contribution in [0.2, 0.25) is 0 Å². The van der Waals surface area contributed by atoms with Gasteiger partial charge in [0.1, 0.15) is 0 Å². The van der Waals surface area contributed by atoms with E-state index in [4.69, 9.17) is 0 Å². The summed E-state index contributed by atoms with van der Waals surface area (Å²) in [7, 11) is 0. The van der Waals surface area contributed by atoms with Gasteiger partial charge >= 0.3 is 0 Å². The van der Waals surface area contributed by atoms with Crippen LogP contribution >= 0.6 is 11.8 Å². The predicted molar refractivity (Wildman–Crippen MR) is 81.6 cm³/mol. The van der Waals surface area contributed by atoms with E-state index in [1.165, 1.54) is 48.6 Å². The number of nitrogens with zero attached hydrogens (tertiary/aromatic N) is 1. The Bertz CT molecular complexity index is 383. The Kier molecular flexibility index (Phi) is 5.13. The van der Waals surface area contributed by atoms with Crippen molar-refractivity contribution in [3.63, 3.8) is 0 Å². The molecule has 1 heterocycles. The topological polar surface area (TPSA) is 3.24 Å². The van der Waals surface area contributed by atoms with Gasteiger partial charge in [-0.3, -0.25) is 4.90 Å². The van der Waals surface area contributed by atoms with Crippen molar-refractivity contribution < 1.29 is 0 Å². The van der Waals surface area contributed by atoms with Crippen LogP contribution in [0.15, 0.2) is 23.1 Å². The van der Waals surface area contributed by atoms with E-state index in [1.807, 2.05) is 11.8 Å². The van der Waals surface area contributed by atoms with Gasteiger partial charge in [-0.2, -0.15) is 0 Å². The Balaban J connectivity index is 2.12. The van der Waals surface area contributed by atoms with Gasteiger partial charge in [-0.15, -0.1) is 11.8 Å². The average molecular weight is 263 g/mol. The van der Waals surface area contributed by atoms with Crippen LogP contribution in [-0.2, 0) is 6.42 Å². The lowest BCUT2D eigenvalue weighted by Crippen LogP contribution is -2.41. The van der Waals surface area contributed by atoms with Gasteiger partial charge in [0, 0.05) is 16.7 Å². The van der Waals surface area contributed by atoms with Crippen molar-refractivity contribution in [1.82, 2.24) is 4.90 Å². The molecule has 0 saturated carbocycles. The molecule has 0 amide bonds. The van der Waals surface area contributed by atoms with E-state index in [1.54, 1.807) is 5.56 Å². The molecule has 1 aliphatic heterocycles. The minimum atomic E-state index is 0.739. The number of aryl methyl sites for hydroxylation is 1. The highest BCUT2D eigenvalue weighted by molar-refractivity contribution is 7.99. The number of benzene rings is 1. The summed E-state index contributed by atoms with van der Waals surface area (Å²) in [5, 5.41) is 0. The third-order valence-electron chi connectivity index (χ3n) is 3.78. The largest absolute Gasteiger partial charge is 0.299 e. The van der Waals surface area contributed by atoms with Crippen LogP contribution in [0.4, 0.5) is 0 Å². The zero-order chi connectivity index (χ0) is 13.0. The summed E-state index contributed by atoms with van der Waals surface area (Å²) in [4.78, 5) is 4.21. The van der Waals surface area contributed by atoms with Crippen molar-refractivity contribution in [3.8, 4) is 0 Å². The van der Waals surface area contributed by atoms with Gasteiger partial charge in [0.15, 0.2) is 0 Å². The van der Waals surface area contributed by atoms with Crippen LogP contribution in [0.1, 0.15) is 37.8 Å². The fourth-order valence-corrected chi connectivity index (χ4v) is 4.13. The number of fused-ring (bicyclic) bond motifs is 1. The molecule has 0 spiro atoms. The van der Waals surface area contributed by atoms with Crippen molar-refractivity contribution in [2.45, 2.75) is 51.0 Å². The third kappa shape index (κ3) is 3.10. The molecule has 1 aromatic rings. The second-order valence-electron chi connectivity index (χ2n) is 5.26. The van der Waals surface area contributed by atoms with Gasteiger partial charge in [-0.25, -0.2) is 0 Å². The third-order valence-corrected chi connectivity index (χ3v) is 5.02. The standard InChI is InChI=1S/C16H25NS/c1-4-9-17(10-5-2)14-11-15-13(3)7-6-8-16(15)18-12-14/h6-8,14H,4-5,9-12H2,1-3H3. The molecule has 0 radical (unpaired) electrons. The molecule has 0 aliphatic carbocycles. The Morgan fingerprint density at radius 2 is 1.94 bits per heavy atom. The van der Waals surface area contributed by atoms with Gasteiger partial charge in [0.2, 0.25) is 0 Å². The fourth-order valence-electron chi connectivity index (χ4n) is 2.84. The second-order valence-corrected chi connectivity index (χ2v) is 6.32. The normalized spacial score (nSPS) is 19.0. The average Bonchev–Trinajstić information content (AvgIpc) is 2.39. The highest BCUT2D eigenvalue weighted by Gasteiger charge is 2.24. The summed E-state index contributed by atoms with van der Waals surface area (Å²) in [6.45, 7) is 9.34. The van der Waals surface area contributed by atoms with E-state index in [9.17, 15) is 0 Å². The summed E-state index contributed by atoms with van der Waals surface area (Å²) in [6, 6.07) is 7.47. The number of hydrogen-bond donors (Lipinski definition) is 0. The Morgan fingerprint density at radius 1 is 1.22 bits per heavy atom. The SMILES string of the molecule is CCCN(CCC)C1CSc2cccc(C)c2C1. The lowest BCUT2D eigenvalue weighted by molar-refractivity contribution is 0.209. The zero-order valence-corrected chi connectivity index (χ0v) is 12.7. The monoisotopic (exact) mass is 263 g/mol. The van der Waals surface area contributed by atoms with E-state index in [-0.39, 0.29) is 0 Å². The van der Waals surface area contributed by atoms with E-state index in [2.05, 4.69) is 43.9 Å². The van der Waals surface area contributed by atoms with Crippen molar-refractivity contribution in [2.75, 3.05) is 18.8 Å². The highest BCUT2D eigenvalue weighted by atomic mass is 32.2. The highest BCUT2D eigenvalue weighted by Crippen LogP contribution is 2.33. The summed E-state index contributed by atoms with van der Waals surface area (Å²) in [5.41, 5.74) is 3.06. The van der Waals surface area contributed by atoms with Crippen LogP contribution in [0.5, 0.6) is 0 Å². The van der Waals surface area contributed by atoms with Gasteiger partial charge in [-0.1, -0.05) is 26.0 Å². The predicted octanol–water partition coefficient (Wildman–Crippen LogP) is 4.13. The summed E-state index contributed by atoms with van der Waals surface area (Å²) < 4.78 is 0. The first-order valence-corrected chi connectivity index (χ1v) is 8.20. The summed E-state index contributed by atoms with van der Waals surface area (Å²) in [5.74, 6) is 1.26. The van der Waals surface area contributed by atoms with Crippen molar-refractivity contribution in [3.05, 3.63) is 29.3 Å². The molecule has 1 aliphatic rings. The summed E-state index contributed by atoms with van der Waals surface area (Å²) >= 11 is 2.05. The van der Waals surface area contributed by atoms with E-state index in [0.29, 0.717) is 0 Å². The second kappa shape index (κ2) is 6.63. The van der Waals surface area contributed by atoms with E-state index < -0.39 is 0 Å². The van der Waals surface area contributed by atoms with Crippen molar-refractivity contribution in [1.29, 1.82) is 0 Å². The molecule has 18 heavy (non-hydrogen) atoms. The molecule has 0 fully saturated rings. The minimum Gasteiger partial charge on any atom is -0.299 e. The molecule has 2 heteroatoms. The van der Waals surface area contributed by atoms with E-state index >= 15 is 0 Å². The van der Waals surface area contributed by atoms with Gasteiger partial charge in [0.05, 0.1) is 0 Å². The Labute approximate surface area is 116 Å². The van der Waals surface area contributed by atoms with Gasteiger partial charge < -0.3 is 0 Å². The molecule has 1 aromatic carbocycles. The van der Waals surface area contributed by atoms with Gasteiger partial charge in [0.25, 0.3) is 0 Å². The molecule has 0 saturated heterocycles. The molecule has 0 aromatic heterocycles. The molecule has 1 nitrogen and oxygen atoms in total. The lowest BCUT2D eigenvalue weighted by atomic mass is 10.00. The Morgan fingerprint density at radius 3 is 2.61 bits per heavy atom. The number of thioether (sulfide) groups is 1. The number of rotatable bonds is 5. The first kappa shape index (κ1) is 14.0. The van der Waals surface area contributed by atoms with Crippen LogP contribution in [-0.4, -0.2) is 29.8 Å². The first-order chi connectivity index (χ1) is 8.76. The molecule has 100 valence electrons. The maximum atomic E-state index is 2.70. The van der Waals surface area contributed by atoms with Crippen LogP contribution in [0.3, 0.4) is 0 Å². The molecule has 0 N–H and O–H groups in total. The Hall–Kier alpha value is -0.470. The molecular weight excluding hydrogens is 238 g/mol. The fraction of sp³-hybridized carbons (Fsp3) is 0.625. The molecule has 1 atom stereocenters. The maximum Gasteiger partial charge on any atom is 0.0230 e. The molecule has 1 unspecified atom stereocenters. The van der Waals surface area contributed by atoms with E-state index in [0.717, 1.165) is 6.04 Å². The molecule has 2 rings (SSSR count). The minimum absolute atomic E-state index is 0.739. The molecular formula is C16H25NS.